The Hall–Kier alpha value is -5.16. The predicted molar refractivity (Wildman–Crippen MR) is 163 cm³/mol. The van der Waals surface area contributed by atoms with Crippen LogP contribution in [0, 0.1) is 0 Å². The average molecular weight is 594 g/mol. The van der Waals surface area contributed by atoms with Gasteiger partial charge in [0.05, 0.1) is 16.6 Å². The van der Waals surface area contributed by atoms with E-state index in [0.29, 0.717) is 34.9 Å². The van der Waals surface area contributed by atoms with E-state index in [4.69, 9.17) is 14.5 Å². The number of imidazole rings is 1. The number of carbonyl (C=O) groups is 3. The maximum Gasteiger partial charge on any atom is 0.286 e. The standard InChI is InChI=1S/C32H27N5O5S/c1-32(30(39)36-31(40)43-32)17-20-5-9-23(10-6-20)41-19-28-35-26-14-13-25(16-27(26)37(28)2)42-24-11-7-22(8-12-24)34-29(38)21-4-3-15-33-18-21/h3-16,18H,17,19H2,1-2H3,(H,34,38)(H,36,39,40)/t32-/m0/s1. The highest BCUT2D eigenvalue weighted by atomic mass is 32.2. The molecule has 1 aliphatic rings. The van der Waals surface area contributed by atoms with E-state index in [1.54, 1.807) is 49.5 Å². The molecular weight excluding hydrogens is 566 g/mol. The summed E-state index contributed by atoms with van der Waals surface area (Å²) < 4.78 is 13.2. The van der Waals surface area contributed by atoms with Gasteiger partial charge in [-0.1, -0.05) is 12.1 Å². The third-order valence-electron chi connectivity index (χ3n) is 7.06. The van der Waals surface area contributed by atoms with Crippen LogP contribution in [0.4, 0.5) is 10.5 Å². The van der Waals surface area contributed by atoms with Crippen molar-refractivity contribution in [3.05, 3.63) is 108 Å². The molecule has 0 aliphatic carbocycles. The molecule has 216 valence electrons. The van der Waals surface area contributed by atoms with Crippen LogP contribution in [0.15, 0.2) is 91.3 Å². The van der Waals surface area contributed by atoms with E-state index in [9.17, 15) is 14.4 Å². The second-order valence-corrected chi connectivity index (χ2v) is 11.7. The van der Waals surface area contributed by atoms with Crippen molar-refractivity contribution in [2.24, 2.45) is 7.05 Å². The second kappa shape index (κ2) is 11.6. The van der Waals surface area contributed by atoms with Crippen molar-refractivity contribution in [3.8, 4) is 17.2 Å². The highest BCUT2D eigenvalue weighted by Crippen LogP contribution is 2.35. The normalized spacial score (nSPS) is 16.2. The number of pyridine rings is 1. The Labute approximate surface area is 251 Å². The summed E-state index contributed by atoms with van der Waals surface area (Å²) in [5, 5.41) is 4.88. The number of hydrogen-bond donors (Lipinski definition) is 2. The lowest BCUT2D eigenvalue weighted by Crippen LogP contribution is -2.35. The molecule has 2 aromatic heterocycles. The number of aryl methyl sites for hydroxylation is 1. The number of nitrogens with one attached hydrogen (secondary N) is 2. The SMILES string of the molecule is Cn1c(COc2ccc(C[C@]3(C)SC(=O)NC3=O)cc2)nc2ccc(Oc3ccc(NC(=O)c4cccnc4)cc3)cc21. The van der Waals surface area contributed by atoms with Gasteiger partial charge in [0, 0.05) is 31.2 Å². The fourth-order valence-electron chi connectivity index (χ4n) is 4.71. The zero-order valence-corrected chi connectivity index (χ0v) is 24.2. The van der Waals surface area contributed by atoms with Gasteiger partial charge in [0.1, 0.15) is 34.4 Å². The van der Waals surface area contributed by atoms with Crippen LogP contribution in [0.3, 0.4) is 0 Å². The van der Waals surface area contributed by atoms with Crippen molar-refractivity contribution in [1.29, 1.82) is 0 Å². The third-order valence-corrected chi connectivity index (χ3v) is 8.13. The van der Waals surface area contributed by atoms with Crippen LogP contribution in [-0.2, 0) is 24.9 Å². The highest BCUT2D eigenvalue weighted by Gasteiger charge is 2.43. The number of thioether (sulfide) groups is 1. The Morgan fingerprint density at radius 3 is 2.44 bits per heavy atom. The molecule has 3 amide bonds. The van der Waals surface area contributed by atoms with E-state index >= 15 is 0 Å². The Kier molecular flexibility index (Phi) is 7.56. The molecular formula is C32H27N5O5S. The number of anilines is 1. The topological polar surface area (TPSA) is 124 Å². The minimum absolute atomic E-state index is 0.234. The first-order chi connectivity index (χ1) is 20.8. The van der Waals surface area contributed by atoms with Crippen LogP contribution >= 0.6 is 11.8 Å². The van der Waals surface area contributed by atoms with Crippen molar-refractivity contribution in [2.75, 3.05) is 5.32 Å². The molecule has 0 bridgehead atoms. The monoisotopic (exact) mass is 593 g/mol. The molecule has 0 radical (unpaired) electrons. The minimum atomic E-state index is -0.809. The van der Waals surface area contributed by atoms with Crippen LogP contribution in [-0.4, -0.2) is 36.3 Å². The zero-order valence-electron chi connectivity index (χ0n) is 23.4. The fraction of sp³-hybridized carbons (Fsp3) is 0.156. The Morgan fingerprint density at radius 1 is 1.00 bits per heavy atom. The van der Waals surface area contributed by atoms with E-state index in [2.05, 4.69) is 15.6 Å². The molecule has 10 nitrogen and oxygen atoms in total. The van der Waals surface area contributed by atoms with Gasteiger partial charge in [-0.25, -0.2) is 4.98 Å². The summed E-state index contributed by atoms with van der Waals surface area (Å²) in [5.74, 6) is 2.19. The second-order valence-electron chi connectivity index (χ2n) is 10.2. The molecule has 1 atom stereocenters. The summed E-state index contributed by atoms with van der Waals surface area (Å²) >= 11 is 1.02. The van der Waals surface area contributed by atoms with Gasteiger partial charge in [-0.15, -0.1) is 0 Å². The minimum Gasteiger partial charge on any atom is -0.486 e. The number of amides is 3. The summed E-state index contributed by atoms with van der Waals surface area (Å²) in [5.41, 5.74) is 3.77. The number of nitrogens with zero attached hydrogens (tertiary/aromatic N) is 3. The van der Waals surface area contributed by atoms with Crippen molar-refractivity contribution < 1.29 is 23.9 Å². The molecule has 1 saturated heterocycles. The molecule has 5 aromatic rings. The summed E-state index contributed by atoms with van der Waals surface area (Å²) in [6, 6.07) is 23.7. The molecule has 43 heavy (non-hydrogen) atoms. The predicted octanol–water partition coefficient (Wildman–Crippen LogP) is 5.88. The molecule has 1 fully saturated rings. The maximum absolute atomic E-state index is 12.4. The first-order valence-corrected chi connectivity index (χ1v) is 14.3. The van der Waals surface area contributed by atoms with Gasteiger partial charge >= 0.3 is 0 Å². The number of aromatic nitrogens is 3. The fourth-order valence-corrected chi connectivity index (χ4v) is 5.65. The van der Waals surface area contributed by atoms with Crippen LogP contribution in [0.1, 0.15) is 28.7 Å². The van der Waals surface area contributed by atoms with Crippen molar-refractivity contribution in [2.45, 2.75) is 24.7 Å². The lowest BCUT2D eigenvalue weighted by atomic mass is 9.99. The van der Waals surface area contributed by atoms with E-state index in [0.717, 1.165) is 34.2 Å². The van der Waals surface area contributed by atoms with E-state index in [1.165, 1.54) is 6.20 Å². The van der Waals surface area contributed by atoms with Crippen molar-refractivity contribution in [1.82, 2.24) is 19.9 Å². The van der Waals surface area contributed by atoms with Gasteiger partial charge in [0.15, 0.2) is 0 Å². The molecule has 0 spiro atoms. The maximum atomic E-state index is 12.4. The van der Waals surface area contributed by atoms with Crippen LogP contribution in [0.25, 0.3) is 11.0 Å². The van der Waals surface area contributed by atoms with Crippen molar-refractivity contribution >= 4 is 45.5 Å². The number of hydrogen-bond acceptors (Lipinski definition) is 8. The summed E-state index contributed by atoms with van der Waals surface area (Å²) in [6.45, 7) is 2.03. The molecule has 11 heteroatoms. The van der Waals surface area contributed by atoms with Gasteiger partial charge in [-0.3, -0.25) is 24.7 Å². The lowest BCUT2D eigenvalue weighted by molar-refractivity contribution is -0.121. The number of imide groups is 1. The number of fused-ring (bicyclic) bond motifs is 1. The molecule has 0 unspecified atom stereocenters. The largest absolute Gasteiger partial charge is 0.486 e. The molecule has 6 rings (SSSR count). The van der Waals surface area contributed by atoms with Crippen molar-refractivity contribution in [3.63, 3.8) is 0 Å². The molecule has 0 saturated carbocycles. The Bertz CT molecular complexity index is 1820. The number of carbonyl (C=O) groups excluding carboxylic acids is 3. The van der Waals surface area contributed by atoms with Gasteiger partial charge in [0.2, 0.25) is 5.91 Å². The van der Waals surface area contributed by atoms with Crippen LogP contribution in [0.5, 0.6) is 17.2 Å². The zero-order chi connectivity index (χ0) is 30.0. The van der Waals surface area contributed by atoms with Gasteiger partial charge < -0.3 is 19.4 Å². The molecule has 3 heterocycles. The van der Waals surface area contributed by atoms with E-state index < -0.39 is 4.75 Å². The quantitative estimate of drug-likeness (QED) is 0.217. The van der Waals surface area contributed by atoms with E-state index in [1.807, 2.05) is 54.1 Å². The molecule has 3 aromatic carbocycles. The van der Waals surface area contributed by atoms with Gasteiger partial charge in [-0.2, -0.15) is 0 Å². The first kappa shape index (κ1) is 28.0. The van der Waals surface area contributed by atoms with Crippen LogP contribution < -0.4 is 20.1 Å². The van der Waals surface area contributed by atoms with E-state index in [-0.39, 0.29) is 23.7 Å². The molecule has 1 aliphatic heterocycles. The number of benzene rings is 3. The smallest absolute Gasteiger partial charge is 0.286 e. The highest BCUT2D eigenvalue weighted by molar-refractivity contribution is 8.16. The Morgan fingerprint density at radius 2 is 1.74 bits per heavy atom. The number of rotatable bonds is 9. The first-order valence-electron chi connectivity index (χ1n) is 13.5. The number of ether oxygens (including phenoxy) is 2. The lowest BCUT2D eigenvalue weighted by Gasteiger charge is -2.18. The van der Waals surface area contributed by atoms with Crippen LogP contribution in [0.2, 0.25) is 0 Å². The summed E-state index contributed by atoms with van der Waals surface area (Å²) in [7, 11) is 1.92. The third kappa shape index (κ3) is 6.21. The summed E-state index contributed by atoms with van der Waals surface area (Å²) in [4.78, 5) is 44.8. The Balaban J connectivity index is 1.07. The van der Waals surface area contributed by atoms with Gasteiger partial charge in [0.25, 0.3) is 11.1 Å². The van der Waals surface area contributed by atoms with Gasteiger partial charge in [-0.05, 0) is 91.3 Å². The average Bonchev–Trinajstić information content (AvgIpc) is 3.46. The molecule has 2 N–H and O–H groups in total. The summed E-state index contributed by atoms with van der Waals surface area (Å²) in [6.07, 6.45) is 3.58.